The van der Waals surface area contributed by atoms with Gasteiger partial charge in [0.1, 0.15) is 5.75 Å². The van der Waals surface area contributed by atoms with Crippen molar-refractivity contribution >= 4 is 0 Å². The lowest BCUT2D eigenvalue weighted by molar-refractivity contribution is 0.250. The first-order chi connectivity index (χ1) is 10.2. The maximum absolute atomic E-state index is 5.81. The summed E-state index contributed by atoms with van der Waals surface area (Å²) in [7, 11) is 0. The molecule has 0 spiro atoms. The smallest absolute Gasteiger partial charge is 0.246 e. The highest BCUT2D eigenvalue weighted by atomic mass is 16.5. The Bertz CT molecular complexity index is 646. The van der Waals surface area contributed by atoms with Gasteiger partial charge in [0.25, 0.3) is 0 Å². The third-order valence-electron chi connectivity index (χ3n) is 4.53. The molecule has 2 atom stereocenters. The first kappa shape index (κ1) is 12.8. The van der Waals surface area contributed by atoms with Gasteiger partial charge in [-0.3, -0.25) is 0 Å². The van der Waals surface area contributed by atoms with Crippen LogP contribution in [0.2, 0.25) is 0 Å². The SMILES string of the molecule is CC1(c2nc(C3COc4ccccc4C3)no2)CCCN1. The molecule has 5 nitrogen and oxygen atoms in total. The van der Waals surface area contributed by atoms with Gasteiger partial charge in [-0.25, -0.2) is 0 Å². The summed E-state index contributed by atoms with van der Waals surface area (Å²) in [5.74, 6) is 2.60. The molecule has 2 aliphatic heterocycles. The number of nitrogens with zero attached hydrogens (tertiary/aromatic N) is 2. The molecule has 2 unspecified atom stereocenters. The Labute approximate surface area is 123 Å². The van der Waals surface area contributed by atoms with E-state index >= 15 is 0 Å². The van der Waals surface area contributed by atoms with Crippen LogP contribution in [0.5, 0.6) is 5.75 Å². The second kappa shape index (κ2) is 4.84. The number of aromatic nitrogens is 2. The van der Waals surface area contributed by atoms with E-state index < -0.39 is 0 Å². The van der Waals surface area contributed by atoms with Crippen molar-refractivity contribution in [2.75, 3.05) is 13.2 Å². The predicted octanol–water partition coefficient (Wildman–Crippen LogP) is 2.39. The zero-order valence-electron chi connectivity index (χ0n) is 12.1. The fourth-order valence-electron chi connectivity index (χ4n) is 3.20. The summed E-state index contributed by atoms with van der Waals surface area (Å²) >= 11 is 0. The quantitative estimate of drug-likeness (QED) is 0.918. The Balaban J connectivity index is 1.57. The molecule has 1 aromatic heterocycles. The summed E-state index contributed by atoms with van der Waals surface area (Å²) in [6.45, 7) is 3.75. The Kier molecular flexibility index (Phi) is 2.96. The first-order valence-corrected chi connectivity index (χ1v) is 7.54. The third kappa shape index (κ3) is 2.21. The molecule has 1 N–H and O–H groups in total. The van der Waals surface area contributed by atoms with Gasteiger partial charge in [-0.15, -0.1) is 0 Å². The van der Waals surface area contributed by atoms with Crippen molar-refractivity contribution < 1.29 is 9.26 Å². The number of rotatable bonds is 2. The van der Waals surface area contributed by atoms with Crippen molar-refractivity contribution in [1.29, 1.82) is 0 Å². The molecule has 0 amide bonds. The highest BCUT2D eigenvalue weighted by molar-refractivity contribution is 5.36. The largest absolute Gasteiger partial charge is 0.493 e. The molecule has 2 aliphatic rings. The molecule has 0 bridgehead atoms. The summed E-state index contributed by atoms with van der Waals surface area (Å²) in [5.41, 5.74) is 1.05. The molecular formula is C16H19N3O2. The molecule has 3 heterocycles. The lowest BCUT2D eigenvalue weighted by Gasteiger charge is -2.23. The normalized spacial score (nSPS) is 28.1. The molecular weight excluding hydrogens is 266 g/mol. The molecule has 21 heavy (non-hydrogen) atoms. The molecule has 0 radical (unpaired) electrons. The summed E-state index contributed by atoms with van der Waals surface area (Å²) in [6.07, 6.45) is 3.09. The molecule has 110 valence electrons. The summed E-state index contributed by atoms with van der Waals surface area (Å²) in [5, 5.41) is 7.65. The van der Waals surface area contributed by atoms with Gasteiger partial charge in [0.2, 0.25) is 5.89 Å². The third-order valence-corrected chi connectivity index (χ3v) is 4.53. The minimum absolute atomic E-state index is 0.168. The zero-order chi connectivity index (χ0) is 14.3. The minimum atomic E-state index is -0.168. The van der Waals surface area contributed by atoms with Crippen molar-refractivity contribution in [3.05, 3.63) is 41.5 Å². The molecule has 1 saturated heterocycles. The minimum Gasteiger partial charge on any atom is -0.493 e. The van der Waals surface area contributed by atoms with Crippen LogP contribution in [0.15, 0.2) is 28.8 Å². The summed E-state index contributed by atoms with van der Waals surface area (Å²) < 4.78 is 11.3. The van der Waals surface area contributed by atoms with E-state index in [9.17, 15) is 0 Å². The van der Waals surface area contributed by atoms with Crippen molar-refractivity contribution in [1.82, 2.24) is 15.5 Å². The number of hydrogen-bond donors (Lipinski definition) is 1. The van der Waals surface area contributed by atoms with Crippen LogP contribution in [0.4, 0.5) is 0 Å². The molecule has 4 rings (SSSR count). The predicted molar refractivity (Wildman–Crippen MR) is 77.3 cm³/mol. The van der Waals surface area contributed by atoms with Crippen LogP contribution in [0, 0.1) is 0 Å². The van der Waals surface area contributed by atoms with Crippen LogP contribution < -0.4 is 10.1 Å². The molecule has 0 aliphatic carbocycles. The highest BCUT2D eigenvalue weighted by Crippen LogP contribution is 2.33. The number of hydrogen-bond acceptors (Lipinski definition) is 5. The molecule has 1 aromatic carbocycles. The Morgan fingerprint density at radius 3 is 3.10 bits per heavy atom. The Morgan fingerprint density at radius 2 is 2.24 bits per heavy atom. The number of nitrogens with one attached hydrogen (secondary N) is 1. The van der Waals surface area contributed by atoms with Gasteiger partial charge >= 0.3 is 0 Å². The zero-order valence-corrected chi connectivity index (χ0v) is 12.1. The van der Waals surface area contributed by atoms with E-state index in [1.165, 1.54) is 5.56 Å². The monoisotopic (exact) mass is 285 g/mol. The van der Waals surface area contributed by atoms with Crippen molar-refractivity contribution in [3.63, 3.8) is 0 Å². The van der Waals surface area contributed by atoms with E-state index in [4.69, 9.17) is 9.26 Å². The van der Waals surface area contributed by atoms with Gasteiger partial charge in [0.15, 0.2) is 5.82 Å². The van der Waals surface area contributed by atoms with Gasteiger partial charge in [0, 0.05) is 0 Å². The summed E-state index contributed by atoms with van der Waals surface area (Å²) in [4.78, 5) is 4.64. The number of ether oxygens (including phenoxy) is 1. The molecule has 1 fully saturated rings. The summed E-state index contributed by atoms with van der Waals surface area (Å²) in [6, 6.07) is 8.15. The van der Waals surface area contributed by atoms with Crippen LogP contribution >= 0.6 is 0 Å². The first-order valence-electron chi connectivity index (χ1n) is 7.54. The van der Waals surface area contributed by atoms with Crippen LogP contribution in [-0.4, -0.2) is 23.3 Å². The fourth-order valence-corrected chi connectivity index (χ4v) is 3.20. The maximum Gasteiger partial charge on any atom is 0.246 e. The highest BCUT2D eigenvalue weighted by Gasteiger charge is 2.37. The van der Waals surface area contributed by atoms with E-state index in [-0.39, 0.29) is 11.5 Å². The Hall–Kier alpha value is -1.88. The number of benzene rings is 1. The fraction of sp³-hybridized carbons (Fsp3) is 0.500. The Morgan fingerprint density at radius 1 is 1.33 bits per heavy atom. The van der Waals surface area contributed by atoms with Gasteiger partial charge in [-0.05, 0) is 44.4 Å². The standard InChI is InChI=1S/C16H19N3O2/c1-16(7-4-8-17-16)15-18-14(19-21-15)12-9-11-5-2-3-6-13(11)20-10-12/h2-3,5-6,12,17H,4,7-10H2,1H3. The second-order valence-corrected chi connectivity index (χ2v) is 6.14. The second-order valence-electron chi connectivity index (χ2n) is 6.14. The van der Waals surface area contributed by atoms with E-state index in [0.29, 0.717) is 12.5 Å². The lowest BCUT2D eigenvalue weighted by Crippen LogP contribution is -2.33. The van der Waals surface area contributed by atoms with Crippen LogP contribution in [0.1, 0.15) is 43.0 Å². The average Bonchev–Trinajstić information content (AvgIpc) is 3.17. The molecule has 0 saturated carbocycles. The maximum atomic E-state index is 5.81. The van der Waals surface area contributed by atoms with E-state index in [1.54, 1.807) is 0 Å². The van der Waals surface area contributed by atoms with E-state index in [2.05, 4.69) is 28.4 Å². The van der Waals surface area contributed by atoms with Crippen LogP contribution in [-0.2, 0) is 12.0 Å². The van der Waals surface area contributed by atoms with Crippen molar-refractivity contribution in [2.24, 2.45) is 0 Å². The molecule has 2 aromatic rings. The topological polar surface area (TPSA) is 60.2 Å². The number of para-hydroxylation sites is 1. The van der Waals surface area contributed by atoms with Crippen molar-refractivity contribution in [3.8, 4) is 5.75 Å². The molecule has 5 heteroatoms. The van der Waals surface area contributed by atoms with Crippen LogP contribution in [0.25, 0.3) is 0 Å². The lowest BCUT2D eigenvalue weighted by atomic mass is 9.96. The number of fused-ring (bicyclic) bond motifs is 1. The van der Waals surface area contributed by atoms with Gasteiger partial charge in [-0.1, -0.05) is 23.4 Å². The van der Waals surface area contributed by atoms with Gasteiger partial charge in [0.05, 0.1) is 18.1 Å². The average molecular weight is 285 g/mol. The van der Waals surface area contributed by atoms with E-state index in [1.807, 2.05) is 18.2 Å². The van der Waals surface area contributed by atoms with Gasteiger partial charge in [-0.2, -0.15) is 4.98 Å². The van der Waals surface area contributed by atoms with Gasteiger partial charge < -0.3 is 14.6 Å². The van der Waals surface area contributed by atoms with Crippen LogP contribution in [0.3, 0.4) is 0 Å². The van der Waals surface area contributed by atoms with Crippen molar-refractivity contribution in [2.45, 2.75) is 37.6 Å². The van der Waals surface area contributed by atoms with E-state index in [0.717, 1.165) is 37.4 Å².